The molecule has 0 aromatic heterocycles. The van der Waals surface area contributed by atoms with Crippen molar-refractivity contribution in [2.75, 3.05) is 22.9 Å². The quantitative estimate of drug-likeness (QED) is 0.107. The van der Waals surface area contributed by atoms with Crippen molar-refractivity contribution in [3.05, 3.63) is 133 Å². The minimum atomic E-state index is -4.43. The van der Waals surface area contributed by atoms with E-state index in [0.29, 0.717) is 45.7 Å². The van der Waals surface area contributed by atoms with Crippen molar-refractivity contribution in [1.82, 2.24) is 0 Å². The Bertz CT molecular complexity index is 2040. The molecule has 47 heavy (non-hydrogen) atoms. The van der Waals surface area contributed by atoms with Crippen LogP contribution in [0.3, 0.4) is 0 Å². The van der Waals surface area contributed by atoms with Crippen LogP contribution in [-0.2, 0) is 9.84 Å². The highest BCUT2D eigenvalue weighted by atomic mass is 32.2. The summed E-state index contributed by atoms with van der Waals surface area (Å²) in [5, 5.41) is 0. The Morgan fingerprint density at radius 3 is 1.00 bits per heavy atom. The molecule has 0 spiro atoms. The summed E-state index contributed by atoms with van der Waals surface area (Å²) in [6.45, 7) is 0. The Morgan fingerprint density at radius 2 is 0.681 bits per heavy atom. The van der Waals surface area contributed by atoms with Crippen LogP contribution in [0.2, 0.25) is 0 Å². The Hall–Kier alpha value is -6.33. The van der Waals surface area contributed by atoms with Crippen molar-refractivity contribution >= 4 is 32.6 Å². The largest absolute Gasteiger partial charge is 0.453 e. The fourth-order valence-electron chi connectivity index (χ4n) is 4.70. The van der Waals surface area contributed by atoms with Crippen molar-refractivity contribution < 1.29 is 27.4 Å². The topological polar surface area (TPSA) is 175 Å². The van der Waals surface area contributed by atoms with Gasteiger partial charge in [-0.05, 0) is 72.8 Å². The van der Waals surface area contributed by atoms with E-state index in [1.165, 1.54) is 12.1 Å². The molecule has 0 heterocycles. The molecule has 0 radical (unpaired) electrons. The van der Waals surface area contributed by atoms with E-state index in [4.69, 9.17) is 41.9 Å². The Labute approximate surface area is 271 Å². The Morgan fingerprint density at radius 1 is 0.383 bits per heavy atom. The maximum Gasteiger partial charge on any atom is 0.214 e. The normalized spacial score (nSPS) is 11.1. The molecule has 0 fully saturated rings. The number of hydrogen-bond acceptors (Lipinski definition) is 10. The molecule has 6 aromatic rings. The number of benzene rings is 6. The van der Waals surface area contributed by atoms with Gasteiger partial charge in [-0.2, -0.15) is 0 Å². The number of nitrogens with two attached hydrogens (primary N) is 4. The second kappa shape index (κ2) is 13.0. The van der Waals surface area contributed by atoms with Gasteiger partial charge in [0.2, 0.25) is 9.84 Å². The van der Waals surface area contributed by atoms with Crippen LogP contribution in [0.1, 0.15) is 0 Å². The number of hydrogen-bond donors (Lipinski definition) is 4. The first-order valence-corrected chi connectivity index (χ1v) is 15.8. The molecule has 0 saturated heterocycles. The predicted octanol–water partition coefficient (Wildman–Crippen LogP) is 8.02. The first-order valence-electron chi connectivity index (χ1n) is 14.3. The highest BCUT2D eigenvalue weighted by molar-refractivity contribution is 7.91. The minimum absolute atomic E-state index is 0.0856. The second-order valence-electron chi connectivity index (χ2n) is 10.4. The highest BCUT2D eigenvalue weighted by Gasteiger charge is 2.31. The van der Waals surface area contributed by atoms with Crippen molar-refractivity contribution in [3.63, 3.8) is 0 Å². The summed E-state index contributed by atoms with van der Waals surface area (Å²) in [6, 6.07) is 35.8. The highest BCUT2D eigenvalue weighted by Crippen LogP contribution is 2.47. The van der Waals surface area contributed by atoms with Gasteiger partial charge in [0.15, 0.2) is 23.0 Å². The van der Waals surface area contributed by atoms with E-state index in [1.807, 2.05) is 0 Å². The van der Waals surface area contributed by atoms with E-state index >= 15 is 0 Å². The van der Waals surface area contributed by atoms with Crippen molar-refractivity contribution in [2.45, 2.75) is 9.79 Å². The van der Waals surface area contributed by atoms with Crippen LogP contribution in [0, 0.1) is 0 Å². The summed E-state index contributed by atoms with van der Waals surface area (Å²) in [5.74, 6) is 1.39. The lowest BCUT2D eigenvalue weighted by molar-refractivity contribution is 0.405. The van der Waals surface area contributed by atoms with Gasteiger partial charge in [-0.1, -0.05) is 36.4 Å². The van der Waals surface area contributed by atoms with Gasteiger partial charge in [-0.25, -0.2) is 8.42 Å². The van der Waals surface area contributed by atoms with Gasteiger partial charge in [0, 0.05) is 47.0 Å². The minimum Gasteiger partial charge on any atom is -0.453 e. The predicted molar refractivity (Wildman–Crippen MR) is 182 cm³/mol. The van der Waals surface area contributed by atoms with Crippen molar-refractivity contribution in [3.8, 4) is 46.0 Å². The van der Waals surface area contributed by atoms with Crippen LogP contribution < -0.4 is 41.9 Å². The van der Waals surface area contributed by atoms with E-state index in [9.17, 15) is 8.42 Å². The van der Waals surface area contributed by atoms with E-state index in [2.05, 4.69) is 0 Å². The number of para-hydroxylation sites is 2. The zero-order valence-corrected chi connectivity index (χ0v) is 25.7. The molecule has 0 unspecified atom stereocenters. The lowest BCUT2D eigenvalue weighted by atomic mass is 10.2. The molecular formula is C36H30N4O6S. The first kappa shape index (κ1) is 30.7. The summed E-state index contributed by atoms with van der Waals surface area (Å²) in [6.07, 6.45) is 0. The number of ether oxygens (including phenoxy) is 4. The third-order valence-corrected chi connectivity index (χ3v) is 8.59. The van der Waals surface area contributed by atoms with Crippen LogP contribution in [0.25, 0.3) is 0 Å². The molecule has 6 rings (SSSR count). The molecule has 0 saturated carbocycles. The first-order chi connectivity index (χ1) is 22.7. The molecule has 0 aliphatic rings. The number of sulfone groups is 1. The summed E-state index contributed by atoms with van der Waals surface area (Å²) in [5.41, 5.74) is 25.7. The van der Waals surface area contributed by atoms with Gasteiger partial charge < -0.3 is 41.9 Å². The zero-order valence-electron chi connectivity index (χ0n) is 24.9. The molecule has 0 aliphatic heterocycles. The zero-order chi connectivity index (χ0) is 33.0. The van der Waals surface area contributed by atoms with Gasteiger partial charge in [-0.3, -0.25) is 0 Å². The maximum atomic E-state index is 14.7. The molecule has 0 atom stereocenters. The summed E-state index contributed by atoms with van der Waals surface area (Å²) >= 11 is 0. The van der Waals surface area contributed by atoms with Gasteiger partial charge in [0.25, 0.3) is 0 Å². The van der Waals surface area contributed by atoms with Crippen LogP contribution in [0.4, 0.5) is 22.7 Å². The van der Waals surface area contributed by atoms with Crippen molar-refractivity contribution in [1.29, 1.82) is 0 Å². The Kier molecular flexibility index (Phi) is 8.46. The lowest BCUT2D eigenvalue weighted by Gasteiger charge is -2.19. The van der Waals surface area contributed by atoms with Crippen LogP contribution in [0.15, 0.2) is 143 Å². The SMILES string of the molecule is Nc1cccc(Oc2cccc(S(=O)(=O)c3cccc(Oc4cccc(N)c4)c3Oc3cccc(N)c3)c2Oc2cccc(N)c2)c1. The fourth-order valence-corrected chi connectivity index (χ4v) is 6.22. The molecule has 6 aromatic carbocycles. The van der Waals surface area contributed by atoms with E-state index in [-0.39, 0.29) is 32.8 Å². The average molecular weight is 647 g/mol. The van der Waals surface area contributed by atoms with Gasteiger partial charge >= 0.3 is 0 Å². The van der Waals surface area contributed by atoms with Gasteiger partial charge in [0.1, 0.15) is 32.8 Å². The summed E-state index contributed by atoms with van der Waals surface area (Å²) < 4.78 is 54.2. The maximum absolute atomic E-state index is 14.7. The monoisotopic (exact) mass is 646 g/mol. The van der Waals surface area contributed by atoms with E-state index in [0.717, 1.165) is 0 Å². The molecule has 10 nitrogen and oxygen atoms in total. The lowest BCUT2D eigenvalue weighted by Crippen LogP contribution is -2.08. The van der Waals surface area contributed by atoms with Crippen LogP contribution in [0.5, 0.6) is 46.0 Å². The smallest absolute Gasteiger partial charge is 0.214 e. The summed E-state index contributed by atoms with van der Waals surface area (Å²) in [7, 11) is -4.43. The van der Waals surface area contributed by atoms with Crippen LogP contribution in [-0.4, -0.2) is 8.42 Å². The Balaban J connectivity index is 1.52. The molecular weight excluding hydrogens is 616 g/mol. The van der Waals surface area contributed by atoms with E-state index in [1.54, 1.807) is 121 Å². The fraction of sp³-hybridized carbons (Fsp3) is 0. The molecule has 11 heteroatoms. The van der Waals surface area contributed by atoms with E-state index < -0.39 is 9.84 Å². The average Bonchev–Trinajstić information content (AvgIpc) is 3.03. The molecule has 236 valence electrons. The summed E-state index contributed by atoms with van der Waals surface area (Å²) in [4.78, 5) is -0.417. The van der Waals surface area contributed by atoms with Crippen molar-refractivity contribution in [2.24, 2.45) is 0 Å². The van der Waals surface area contributed by atoms with Gasteiger partial charge in [0.05, 0.1) is 0 Å². The van der Waals surface area contributed by atoms with Gasteiger partial charge in [-0.15, -0.1) is 0 Å². The standard InChI is InChI=1S/C36H30N4O6S/c37-23-7-1-11-27(19-23)43-31-15-5-17-33(35(31)45-29-13-3-9-25(39)21-29)47(41,42)34-18-6-16-32(44-28-12-2-8-24(38)20-28)36(34)46-30-14-4-10-26(40)22-30/h1-22H,37-40H2. The number of anilines is 4. The second-order valence-corrected chi connectivity index (χ2v) is 12.3. The molecule has 0 aliphatic carbocycles. The third kappa shape index (κ3) is 7.00. The number of nitrogen functional groups attached to an aromatic ring is 4. The molecule has 0 amide bonds. The third-order valence-electron chi connectivity index (χ3n) is 6.79. The number of rotatable bonds is 10. The molecule has 8 N–H and O–H groups in total. The van der Waals surface area contributed by atoms with Crippen LogP contribution >= 0.6 is 0 Å². The molecule has 0 bridgehead atoms.